The Kier molecular flexibility index (Phi) is 4.04. The Bertz CT molecular complexity index is 980. The van der Waals surface area contributed by atoms with Gasteiger partial charge in [0.2, 0.25) is 10.0 Å². The van der Waals surface area contributed by atoms with E-state index in [4.69, 9.17) is 0 Å². The van der Waals surface area contributed by atoms with Crippen molar-refractivity contribution in [3.8, 4) is 0 Å². The number of sulfonamides is 2. The van der Waals surface area contributed by atoms with E-state index >= 15 is 0 Å². The van der Waals surface area contributed by atoms with Crippen molar-refractivity contribution < 1.29 is 16.8 Å². The second-order valence-corrected chi connectivity index (χ2v) is 9.39. The summed E-state index contributed by atoms with van der Waals surface area (Å²) < 4.78 is 54.2. The van der Waals surface area contributed by atoms with Crippen LogP contribution in [0, 0.1) is 6.92 Å². The van der Waals surface area contributed by atoms with E-state index < -0.39 is 20.0 Å². The molecule has 0 amide bonds. The van der Waals surface area contributed by atoms with Gasteiger partial charge in [-0.15, -0.1) is 0 Å². The van der Waals surface area contributed by atoms with Gasteiger partial charge in [0, 0.05) is 19.8 Å². The topological polar surface area (TPSA) is 101 Å². The molecule has 1 aromatic carbocycles. The number of aryl methyl sites for hydroxylation is 2. The van der Waals surface area contributed by atoms with E-state index in [2.05, 4.69) is 9.82 Å². The summed E-state index contributed by atoms with van der Waals surface area (Å²) in [6.45, 7) is 2.16. The SMILES string of the molecule is Cc1ccc(N2CCCS2(=O)=O)cc1NS(=O)(=O)c1cnn(C)c1. The van der Waals surface area contributed by atoms with E-state index in [0.29, 0.717) is 29.9 Å². The van der Waals surface area contributed by atoms with Crippen LogP contribution >= 0.6 is 0 Å². The van der Waals surface area contributed by atoms with Gasteiger partial charge in [-0.2, -0.15) is 5.10 Å². The lowest BCUT2D eigenvalue weighted by atomic mass is 10.2. The van der Waals surface area contributed by atoms with Crippen molar-refractivity contribution in [3.05, 3.63) is 36.2 Å². The van der Waals surface area contributed by atoms with Crippen LogP contribution in [-0.2, 0) is 27.1 Å². The monoisotopic (exact) mass is 370 g/mol. The van der Waals surface area contributed by atoms with Crippen LogP contribution < -0.4 is 9.03 Å². The lowest BCUT2D eigenvalue weighted by Crippen LogP contribution is -2.25. The number of hydrogen-bond donors (Lipinski definition) is 1. The van der Waals surface area contributed by atoms with Crippen LogP contribution in [0.1, 0.15) is 12.0 Å². The van der Waals surface area contributed by atoms with E-state index in [0.717, 1.165) is 0 Å². The first-order chi connectivity index (χ1) is 11.2. The number of benzene rings is 1. The van der Waals surface area contributed by atoms with Crippen LogP contribution in [0.5, 0.6) is 0 Å². The molecule has 0 atom stereocenters. The summed E-state index contributed by atoms with van der Waals surface area (Å²) in [7, 11) is -5.48. The summed E-state index contributed by atoms with van der Waals surface area (Å²) in [5.41, 5.74) is 1.50. The van der Waals surface area contributed by atoms with Gasteiger partial charge in [0.25, 0.3) is 10.0 Å². The molecule has 8 nitrogen and oxygen atoms in total. The van der Waals surface area contributed by atoms with Gasteiger partial charge in [-0.25, -0.2) is 16.8 Å². The van der Waals surface area contributed by atoms with Crippen LogP contribution in [0.3, 0.4) is 0 Å². The first kappa shape index (κ1) is 16.8. The van der Waals surface area contributed by atoms with E-state index in [-0.39, 0.29) is 10.6 Å². The smallest absolute Gasteiger partial charge is 0.265 e. The molecule has 0 saturated carbocycles. The largest absolute Gasteiger partial charge is 0.279 e. The fraction of sp³-hybridized carbons (Fsp3) is 0.357. The molecule has 130 valence electrons. The third-order valence-corrected chi connectivity index (χ3v) is 7.03. The molecule has 2 aromatic rings. The maximum Gasteiger partial charge on any atom is 0.265 e. The van der Waals surface area contributed by atoms with Crippen molar-refractivity contribution in [1.29, 1.82) is 0 Å². The van der Waals surface area contributed by atoms with Gasteiger partial charge in [-0.05, 0) is 31.0 Å². The third-order valence-electron chi connectivity index (χ3n) is 3.84. The molecule has 10 heteroatoms. The van der Waals surface area contributed by atoms with E-state index in [1.807, 2.05) is 0 Å². The van der Waals surface area contributed by atoms with Crippen LogP contribution in [0.2, 0.25) is 0 Å². The third kappa shape index (κ3) is 3.11. The number of aromatic nitrogens is 2. The molecule has 0 aliphatic carbocycles. The predicted octanol–water partition coefficient (Wildman–Crippen LogP) is 1.07. The van der Waals surface area contributed by atoms with E-state index in [9.17, 15) is 16.8 Å². The van der Waals surface area contributed by atoms with Crippen LogP contribution in [-0.4, -0.2) is 38.9 Å². The maximum absolute atomic E-state index is 12.4. The summed E-state index contributed by atoms with van der Waals surface area (Å²) in [5.74, 6) is 0.109. The molecule has 24 heavy (non-hydrogen) atoms. The minimum atomic E-state index is -3.79. The highest BCUT2D eigenvalue weighted by Crippen LogP contribution is 2.29. The van der Waals surface area contributed by atoms with Crippen molar-refractivity contribution in [1.82, 2.24) is 9.78 Å². The molecule has 1 saturated heterocycles. The maximum atomic E-state index is 12.4. The highest BCUT2D eigenvalue weighted by molar-refractivity contribution is 7.93. The zero-order valence-corrected chi connectivity index (χ0v) is 14.9. The van der Waals surface area contributed by atoms with Crippen LogP contribution in [0.4, 0.5) is 11.4 Å². The Morgan fingerprint density at radius 2 is 2.04 bits per heavy atom. The molecule has 0 radical (unpaired) electrons. The van der Waals surface area contributed by atoms with Crippen molar-refractivity contribution in [2.24, 2.45) is 7.05 Å². The van der Waals surface area contributed by atoms with Crippen LogP contribution in [0.15, 0.2) is 35.5 Å². The van der Waals surface area contributed by atoms with Gasteiger partial charge in [0.15, 0.2) is 0 Å². The summed E-state index contributed by atoms with van der Waals surface area (Å²) in [6.07, 6.45) is 3.21. The zero-order chi connectivity index (χ0) is 17.5. The molecule has 1 aliphatic heterocycles. The molecule has 1 fully saturated rings. The Morgan fingerprint density at radius 3 is 2.62 bits per heavy atom. The average Bonchev–Trinajstić information content (AvgIpc) is 3.07. The van der Waals surface area contributed by atoms with Crippen LogP contribution in [0.25, 0.3) is 0 Å². The summed E-state index contributed by atoms with van der Waals surface area (Å²) in [4.78, 5) is 0.0450. The van der Waals surface area contributed by atoms with Gasteiger partial charge in [0.05, 0.1) is 23.3 Å². The Morgan fingerprint density at radius 1 is 1.29 bits per heavy atom. The molecule has 0 unspecified atom stereocenters. The lowest BCUT2D eigenvalue weighted by Gasteiger charge is -2.19. The van der Waals surface area contributed by atoms with Gasteiger partial charge >= 0.3 is 0 Å². The molecule has 0 bridgehead atoms. The molecule has 2 heterocycles. The fourth-order valence-electron chi connectivity index (χ4n) is 2.55. The number of rotatable bonds is 4. The van der Waals surface area contributed by atoms with Crippen molar-refractivity contribution >= 4 is 31.4 Å². The Balaban J connectivity index is 1.95. The highest BCUT2D eigenvalue weighted by atomic mass is 32.2. The van der Waals surface area contributed by atoms with Crippen molar-refractivity contribution in [2.75, 3.05) is 21.3 Å². The second kappa shape index (κ2) is 5.78. The fourth-order valence-corrected chi connectivity index (χ4v) is 5.21. The molecular formula is C14H18N4O4S2. The molecule has 1 aliphatic rings. The first-order valence-electron chi connectivity index (χ1n) is 7.31. The van der Waals surface area contributed by atoms with E-state index in [1.165, 1.54) is 21.4 Å². The number of anilines is 2. The van der Waals surface area contributed by atoms with Gasteiger partial charge in [-0.3, -0.25) is 13.7 Å². The highest BCUT2D eigenvalue weighted by Gasteiger charge is 2.29. The molecule has 1 aromatic heterocycles. The minimum Gasteiger partial charge on any atom is -0.279 e. The standard InChI is InChI=1S/C14H18N4O4S2/c1-11-4-5-12(18-6-3-7-23(18,19)20)8-14(11)16-24(21,22)13-9-15-17(2)10-13/h4-5,8-10,16H,3,6-7H2,1-2H3. The quantitative estimate of drug-likeness (QED) is 0.867. The Hall–Kier alpha value is -2.07. The molecule has 0 spiro atoms. The lowest BCUT2D eigenvalue weighted by molar-refractivity contribution is 0.598. The minimum absolute atomic E-state index is 0.0450. The van der Waals surface area contributed by atoms with Crippen molar-refractivity contribution in [3.63, 3.8) is 0 Å². The van der Waals surface area contributed by atoms with Gasteiger partial charge in [0.1, 0.15) is 4.90 Å². The first-order valence-corrected chi connectivity index (χ1v) is 10.4. The summed E-state index contributed by atoms with van der Waals surface area (Å²) >= 11 is 0. The second-order valence-electron chi connectivity index (χ2n) is 5.70. The summed E-state index contributed by atoms with van der Waals surface area (Å²) in [6, 6.07) is 4.93. The number of hydrogen-bond acceptors (Lipinski definition) is 5. The van der Waals surface area contributed by atoms with Crippen molar-refractivity contribution in [2.45, 2.75) is 18.2 Å². The number of nitrogens with zero attached hydrogens (tertiary/aromatic N) is 3. The molecule has 3 rings (SSSR count). The zero-order valence-electron chi connectivity index (χ0n) is 13.3. The van der Waals surface area contributed by atoms with Gasteiger partial charge < -0.3 is 0 Å². The molecular weight excluding hydrogens is 352 g/mol. The molecule has 1 N–H and O–H groups in total. The summed E-state index contributed by atoms with van der Waals surface area (Å²) in [5, 5.41) is 3.86. The average molecular weight is 370 g/mol. The number of nitrogens with one attached hydrogen (secondary N) is 1. The Labute approximate surface area is 141 Å². The van der Waals surface area contributed by atoms with Gasteiger partial charge in [-0.1, -0.05) is 6.07 Å². The van der Waals surface area contributed by atoms with E-state index in [1.54, 1.807) is 32.2 Å². The normalized spacial score (nSPS) is 17.2. The predicted molar refractivity (Wildman–Crippen MR) is 90.9 cm³/mol.